The van der Waals surface area contributed by atoms with E-state index in [2.05, 4.69) is 4.24 Å². The van der Waals surface area contributed by atoms with E-state index in [4.69, 9.17) is 22.2 Å². The van der Waals surface area contributed by atoms with E-state index >= 15 is 0 Å². The van der Waals surface area contributed by atoms with Crippen molar-refractivity contribution in [3.63, 3.8) is 0 Å². The molecule has 24 heavy (non-hydrogen) atoms. The molecule has 0 saturated heterocycles. The smallest absolute Gasteiger partial charge is 0.497 e. The van der Waals surface area contributed by atoms with Crippen LogP contribution in [0.3, 0.4) is 0 Å². The summed E-state index contributed by atoms with van der Waals surface area (Å²) in [6, 6.07) is 14.2. The normalized spacial score (nSPS) is 11.5. The standard InChI is InChI=1S/C9H13NO.C7H7ClNO2S.Na/c1-7(10)8-4-3-5-9(6-8)11-2;1-6-2-4-7(5-3-6)12(10,11)9-8;/h3-7H,10H2,1-2H3;2-5H,1H3;/q;-1;+1. The van der Waals surface area contributed by atoms with Gasteiger partial charge in [-0.25, -0.2) is 8.42 Å². The van der Waals surface area contributed by atoms with Crippen molar-refractivity contribution in [3.05, 3.63) is 63.9 Å². The monoisotopic (exact) mass is 378 g/mol. The van der Waals surface area contributed by atoms with Crippen LogP contribution in [0.25, 0.3) is 4.24 Å². The molecule has 8 heteroatoms. The zero-order chi connectivity index (χ0) is 17.5. The van der Waals surface area contributed by atoms with Crippen LogP contribution in [0, 0.1) is 6.92 Å². The summed E-state index contributed by atoms with van der Waals surface area (Å²) >= 11 is 4.90. The van der Waals surface area contributed by atoms with Gasteiger partial charge in [-0.1, -0.05) is 29.8 Å². The molecule has 0 spiro atoms. The van der Waals surface area contributed by atoms with Crippen LogP contribution in [-0.4, -0.2) is 15.5 Å². The molecule has 0 saturated carbocycles. The molecule has 2 rings (SSSR count). The van der Waals surface area contributed by atoms with Crippen molar-refractivity contribution in [3.8, 4) is 5.75 Å². The Bertz CT molecular complexity index is 722. The van der Waals surface area contributed by atoms with Crippen molar-refractivity contribution in [1.82, 2.24) is 0 Å². The minimum absolute atomic E-state index is 0. The van der Waals surface area contributed by atoms with Gasteiger partial charge in [-0.2, -0.15) is 0 Å². The number of hydrogen-bond acceptors (Lipinski definition) is 4. The van der Waals surface area contributed by atoms with E-state index in [-0.39, 0.29) is 40.5 Å². The number of nitrogens with zero attached hydrogens (tertiary/aromatic N) is 1. The Balaban J connectivity index is 0.000000425. The molecular weight excluding hydrogens is 359 g/mol. The predicted molar refractivity (Wildman–Crippen MR) is 93.2 cm³/mol. The van der Waals surface area contributed by atoms with Gasteiger partial charge in [-0.15, -0.1) is 0 Å². The van der Waals surface area contributed by atoms with E-state index in [1.54, 1.807) is 19.2 Å². The summed E-state index contributed by atoms with van der Waals surface area (Å²) in [5, 5.41) is 0. The first kappa shape index (κ1) is 23.4. The number of aryl methyl sites for hydroxylation is 1. The van der Waals surface area contributed by atoms with E-state index in [0.29, 0.717) is 0 Å². The van der Waals surface area contributed by atoms with Gasteiger partial charge in [0, 0.05) is 10.9 Å². The quantitative estimate of drug-likeness (QED) is 0.802. The number of halogens is 1. The second-order valence-corrected chi connectivity index (χ2v) is 6.90. The zero-order valence-electron chi connectivity index (χ0n) is 14.2. The molecule has 0 bridgehead atoms. The molecule has 0 amide bonds. The Morgan fingerprint density at radius 3 is 2.21 bits per heavy atom. The third kappa shape index (κ3) is 7.53. The van der Waals surface area contributed by atoms with Crippen LogP contribution in [0.5, 0.6) is 5.75 Å². The van der Waals surface area contributed by atoms with Gasteiger partial charge >= 0.3 is 29.6 Å². The molecule has 0 aliphatic heterocycles. The first-order valence-electron chi connectivity index (χ1n) is 6.84. The number of benzene rings is 2. The summed E-state index contributed by atoms with van der Waals surface area (Å²) in [7, 11) is -1.97. The van der Waals surface area contributed by atoms with Crippen molar-refractivity contribution in [2.45, 2.75) is 24.8 Å². The maximum atomic E-state index is 11.0. The SMILES string of the molecule is COc1cccc(C(C)N)c1.Cc1ccc(S(=O)(=O)[N-]Cl)cc1.[Na+]. The maximum absolute atomic E-state index is 11.0. The summed E-state index contributed by atoms with van der Waals surface area (Å²) in [6.45, 7) is 3.82. The summed E-state index contributed by atoms with van der Waals surface area (Å²) in [6.07, 6.45) is 0. The molecule has 0 radical (unpaired) electrons. The molecule has 0 aromatic heterocycles. The largest absolute Gasteiger partial charge is 1.00 e. The molecule has 0 heterocycles. The Kier molecular flexibility index (Phi) is 10.8. The fourth-order valence-corrected chi connectivity index (χ4v) is 2.47. The molecule has 5 nitrogen and oxygen atoms in total. The van der Waals surface area contributed by atoms with Gasteiger partial charge in [0.25, 0.3) is 0 Å². The van der Waals surface area contributed by atoms with Gasteiger partial charge < -0.3 is 14.7 Å². The number of hydrogen-bond donors (Lipinski definition) is 1. The number of methoxy groups -OCH3 is 1. The fourth-order valence-electron chi connectivity index (χ4n) is 1.67. The average Bonchev–Trinajstić information content (AvgIpc) is 2.56. The Morgan fingerprint density at radius 1 is 1.17 bits per heavy atom. The van der Waals surface area contributed by atoms with Crippen LogP contribution in [0.4, 0.5) is 0 Å². The van der Waals surface area contributed by atoms with Gasteiger partial charge in [-0.05, 0) is 43.7 Å². The summed E-state index contributed by atoms with van der Waals surface area (Å²) in [5.74, 6) is 0.861. The summed E-state index contributed by atoms with van der Waals surface area (Å²) < 4.78 is 29.8. The van der Waals surface area contributed by atoms with Crippen molar-refractivity contribution in [2.75, 3.05) is 7.11 Å². The molecule has 0 aliphatic rings. The Morgan fingerprint density at radius 2 is 1.75 bits per heavy atom. The molecule has 126 valence electrons. The number of sulfonamides is 1. The van der Waals surface area contributed by atoms with Crippen LogP contribution in [0.1, 0.15) is 24.1 Å². The van der Waals surface area contributed by atoms with Gasteiger partial charge in [0.1, 0.15) is 15.8 Å². The van der Waals surface area contributed by atoms with Crippen LogP contribution in [0.2, 0.25) is 0 Å². The van der Waals surface area contributed by atoms with Crippen molar-refractivity contribution in [2.24, 2.45) is 5.73 Å². The van der Waals surface area contributed by atoms with Gasteiger partial charge in [0.05, 0.1) is 7.11 Å². The maximum Gasteiger partial charge on any atom is 1.00 e. The van der Waals surface area contributed by atoms with E-state index in [1.165, 1.54) is 12.1 Å². The molecule has 0 aliphatic carbocycles. The second-order valence-electron chi connectivity index (χ2n) is 4.92. The third-order valence-electron chi connectivity index (χ3n) is 3.03. The minimum Gasteiger partial charge on any atom is -0.497 e. The van der Waals surface area contributed by atoms with Gasteiger partial charge in [0.2, 0.25) is 0 Å². The van der Waals surface area contributed by atoms with E-state index in [9.17, 15) is 8.42 Å². The third-order valence-corrected chi connectivity index (χ3v) is 4.62. The van der Waals surface area contributed by atoms with E-state index in [0.717, 1.165) is 16.9 Å². The molecular formula is C16H20ClN2NaO3S. The molecule has 2 N–H and O–H groups in total. The minimum atomic E-state index is -3.62. The average molecular weight is 379 g/mol. The Hall–Kier alpha value is -0.600. The molecule has 0 fully saturated rings. The van der Waals surface area contributed by atoms with E-state index in [1.807, 2.05) is 38.1 Å². The molecule has 1 atom stereocenters. The van der Waals surface area contributed by atoms with Gasteiger partial charge in [0.15, 0.2) is 0 Å². The predicted octanol–water partition coefficient (Wildman–Crippen LogP) is 0.930. The zero-order valence-corrected chi connectivity index (χ0v) is 17.8. The first-order chi connectivity index (χ1) is 10.8. The van der Waals surface area contributed by atoms with E-state index < -0.39 is 10.0 Å². The Labute approximate surface area is 171 Å². The van der Waals surface area contributed by atoms with Crippen LogP contribution < -0.4 is 40.0 Å². The van der Waals surface area contributed by atoms with Crippen molar-refractivity contribution < 1.29 is 42.7 Å². The number of ether oxygens (including phenoxy) is 1. The van der Waals surface area contributed by atoms with Crippen LogP contribution in [0.15, 0.2) is 53.4 Å². The summed E-state index contributed by atoms with van der Waals surface area (Å²) in [4.78, 5) is 0.114. The first-order valence-corrected chi connectivity index (χ1v) is 8.62. The van der Waals surface area contributed by atoms with Crippen molar-refractivity contribution in [1.29, 1.82) is 0 Å². The molecule has 1 unspecified atom stereocenters. The number of nitrogens with two attached hydrogens (primary N) is 1. The second kappa shape index (κ2) is 11.1. The van der Waals surface area contributed by atoms with Crippen LogP contribution >= 0.6 is 11.8 Å². The topological polar surface area (TPSA) is 83.5 Å². The molecule has 2 aromatic carbocycles. The van der Waals surface area contributed by atoms with Gasteiger partial charge in [-0.3, -0.25) is 11.8 Å². The number of rotatable bonds is 4. The summed E-state index contributed by atoms with van der Waals surface area (Å²) in [5.41, 5.74) is 7.77. The van der Waals surface area contributed by atoms with Crippen LogP contribution in [-0.2, 0) is 10.0 Å². The molecule has 2 aromatic rings. The van der Waals surface area contributed by atoms with Crippen molar-refractivity contribution >= 4 is 21.8 Å². The fraction of sp³-hybridized carbons (Fsp3) is 0.250.